The molecule has 0 spiro atoms. The van der Waals surface area contributed by atoms with Crippen LogP contribution in [0.4, 0.5) is 0 Å². The normalized spacial score (nSPS) is 14.5. The van der Waals surface area contributed by atoms with E-state index in [1.807, 2.05) is 0 Å². The number of nitrogens with two attached hydrogens (primary N) is 1. The second-order valence-corrected chi connectivity index (χ2v) is 3.11. The number of aliphatic carboxylic acids is 1. The van der Waals surface area contributed by atoms with E-state index in [0.29, 0.717) is 5.56 Å². The van der Waals surface area contributed by atoms with E-state index in [4.69, 9.17) is 20.7 Å². The zero-order chi connectivity index (χ0) is 11.4. The molecule has 0 fully saturated rings. The molecule has 0 aliphatic carbocycles. The minimum absolute atomic E-state index is 0.109. The molecule has 1 unspecified atom stereocenters. The number of carbonyl (C=O) groups is 1. The number of methoxy groups -OCH3 is 1. The Hall–Kier alpha value is -1.59. The van der Waals surface area contributed by atoms with Gasteiger partial charge in [0.1, 0.15) is 17.9 Å². The van der Waals surface area contributed by atoms with E-state index in [1.54, 1.807) is 12.1 Å². The van der Waals surface area contributed by atoms with E-state index in [0.717, 1.165) is 0 Å². The summed E-state index contributed by atoms with van der Waals surface area (Å²) in [6.45, 7) is 0. The second-order valence-electron chi connectivity index (χ2n) is 3.11. The standard InChI is InChI=1S/C10H13NO4/c1-15-9(8(11)10(13)14)6-2-4-7(12)5-3-6/h2-5,8-9,12H,11H2,1H3,(H,13,14)/t8-,9?/m0/s1. The monoisotopic (exact) mass is 211 g/mol. The summed E-state index contributed by atoms with van der Waals surface area (Å²) in [5, 5.41) is 17.8. The number of phenolic OH excluding ortho intramolecular Hbond substituents is 1. The van der Waals surface area contributed by atoms with Crippen molar-refractivity contribution in [3.05, 3.63) is 29.8 Å². The molecule has 0 aliphatic heterocycles. The number of carboxylic acids is 1. The molecule has 0 radical (unpaired) electrons. The summed E-state index contributed by atoms with van der Waals surface area (Å²) < 4.78 is 5.01. The molecule has 1 aromatic rings. The molecule has 0 amide bonds. The molecule has 0 heterocycles. The fourth-order valence-electron chi connectivity index (χ4n) is 1.28. The van der Waals surface area contributed by atoms with Crippen LogP contribution in [-0.4, -0.2) is 29.3 Å². The van der Waals surface area contributed by atoms with Crippen LogP contribution < -0.4 is 5.73 Å². The highest BCUT2D eigenvalue weighted by atomic mass is 16.5. The molecule has 2 atom stereocenters. The zero-order valence-corrected chi connectivity index (χ0v) is 8.25. The summed E-state index contributed by atoms with van der Waals surface area (Å²) in [5.74, 6) is -1.02. The number of benzene rings is 1. The second kappa shape index (κ2) is 4.77. The maximum atomic E-state index is 10.7. The molecule has 82 valence electrons. The highest BCUT2D eigenvalue weighted by Gasteiger charge is 2.25. The Kier molecular flexibility index (Phi) is 3.65. The Balaban J connectivity index is 2.92. The molecule has 1 rings (SSSR count). The highest BCUT2D eigenvalue weighted by molar-refractivity contribution is 5.74. The average molecular weight is 211 g/mol. The van der Waals surface area contributed by atoms with Crippen molar-refractivity contribution in [2.75, 3.05) is 7.11 Å². The van der Waals surface area contributed by atoms with Gasteiger partial charge in [-0.25, -0.2) is 0 Å². The first-order valence-corrected chi connectivity index (χ1v) is 4.36. The molecule has 0 aromatic heterocycles. The minimum atomic E-state index is -1.13. The lowest BCUT2D eigenvalue weighted by Crippen LogP contribution is -2.37. The third-order valence-corrected chi connectivity index (χ3v) is 2.09. The molecular weight excluding hydrogens is 198 g/mol. The van der Waals surface area contributed by atoms with Crippen LogP contribution in [0.3, 0.4) is 0 Å². The van der Waals surface area contributed by atoms with E-state index in [2.05, 4.69) is 0 Å². The maximum absolute atomic E-state index is 10.7. The molecule has 5 heteroatoms. The van der Waals surface area contributed by atoms with E-state index < -0.39 is 18.1 Å². The minimum Gasteiger partial charge on any atom is -0.508 e. The first kappa shape index (κ1) is 11.5. The summed E-state index contributed by atoms with van der Waals surface area (Å²) in [4.78, 5) is 10.7. The first-order valence-electron chi connectivity index (χ1n) is 4.36. The molecule has 5 nitrogen and oxygen atoms in total. The van der Waals surface area contributed by atoms with E-state index in [9.17, 15) is 4.79 Å². The lowest BCUT2D eigenvalue weighted by atomic mass is 10.0. The summed E-state index contributed by atoms with van der Waals surface area (Å²) in [5.41, 5.74) is 6.07. The molecular formula is C10H13NO4. The maximum Gasteiger partial charge on any atom is 0.323 e. The van der Waals surface area contributed by atoms with Gasteiger partial charge in [-0.2, -0.15) is 0 Å². The molecule has 0 aliphatic rings. The Bertz CT molecular complexity index is 336. The topological polar surface area (TPSA) is 92.8 Å². The quantitative estimate of drug-likeness (QED) is 0.674. The fraction of sp³-hybridized carbons (Fsp3) is 0.300. The van der Waals surface area contributed by atoms with Crippen LogP contribution in [0.2, 0.25) is 0 Å². The number of phenols is 1. The third kappa shape index (κ3) is 2.68. The van der Waals surface area contributed by atoms with Gasteiger partial charge in [0.25, 0.3) is 0 Å². The van der Waals surface area contributed by atoms with Crippen molar-refractivity contribution in [1.82, 2.24) is 0 Å². The van der Waals surface area contributed by atoms with Gasteiger partial charge in [0.2, 0.25) is 0 Å². The van der Waals surface area contributed by atoms with Gasteiger partial charge in [-0.05, 0) is 17.7 Å². The molecule has 0 saturated heterocycles. The molecule has 1 aromatic carbocycles. The summed E-state index contributed by atoms with van der Waals surface area (Å²) >= 11 is 0. The van der Waals surface area contributed by atoms with Crippen LogP contribution in [0, 0.1) is 0 Å². The van der Waals surface area contributed by atoms with Crippen molar-refractivity contribution in [3.8, 4) is 5.75 Å². The summed E-state index contributed by atoms with van der Waals surface area (Å²) in [6, 6.07) is 4.93. The Morgan fingerprint density at radius 3 is 2.33 bits per heavy atom. The Labute approximate surface area is 87.1 Å². The van der Waals surface area contributed by atoms with Gasteiger partial charge >= 0.3 is 5.97 Å². The van der Waals surface area contributed by atoms with Crippen molar-refractivity contribution in [3.63, 3.8) is 0 Å². The van der Waals surface area contributed by atoms with Gasteiger partial charge < -0.3 is 20.7 Å². The largest absolute Gasteiger partial charge is 0.508 e. The highest BCUT2D eigenvalue weighted by Crippen LogP contribution is 2.21. The van der Waals surface area contributed by atoms with Crippen molar-refractivity contribution in [1.29, 1.82) is 0 Å². The molecule has 0 saturated carbocycles. The van der Waals surface area contributed by atoms with Gasteiger partial charge in [0.05, 0.1) is 0 Å². The number of rotatable bonds is 4. The van der Waals surface area contributed by atoms with E-state index in [1.165, 1.54) is 19.2 Å². The van der Waals surface area contributed by atoms with Gasteiger partial charge in [-0.3, -0.25) is 4.79 Å². The van der Waals surface area contributed by atoms with Crippen molar-refractivity contribution >= 4 is 5.97 Å². The van der Waals surface area contributed by atoms with Gasteiger partial charge in [0.15, 0.2) is 0 Å². The fourth-order valence-corrected chi connectivity index (χ4v) is 1.28. The average Bonchev–Trinajstić information content (AvgIpc) is 2.21. The number of hydrogen-bond acceptors (Lipinski definition) is 4. The van der Waals surface area contributed by atoms with Crippen molar-refractivity contribution in [2.45, 2.75) is 12.1 Å². The van der Waals surface area contributed by atoms with Crippen LogP contribution in [0.25, 0.3) is 0 Å². The summed E-state index contributed by atoms with van der Waals surface area (Å²) in [7, 11) is 1.39. The number of hydrogen-bond donors (Lipinski definition) is 3. The number of aromatic hydroxyl groups is 1. The molecule has 0 bridgehead atoms. The lowest BCUT2D eigenvalue weighted by molar-refractivity contribution is -0.142. The van der Waals surface area contributed by atoms with Crippen molar-refractivity contribution < 1.29 is 19.7 Å². The Morgan fingerprint density at radius 2 is 1.93 bits per heavy atom. The smallest absolute Gasteiger partial charge is 0.323 e. The van der Waals surface area contributed by atoms with E-state index >= 15 is 0 Å². The Morgan fingerprint density at radius 1 is 1.40 bits per heavy atom. The predicted octanol–water partition coefficient (Wildman–Crippen LogP) is 0.492. The van der Waals surface area contributed by atoms with Gasteiger partial charge in [-0.15, -0.1) is 0 Å². The lowest BCUT2D eigenvalue weighted by Gasteiger charge is -2.19. The van der Waals surface area contributed by atoms with E-state index in [-0.39, 0.29) is 5.75 Å². The van der Waals surface area contributed by atoms with Crippen molar-refractivity contribution in [2.24, 2.45) is 5.73 Å². The molecule has 4 N–H and O–H groups in total. The van der Waals surface area contributed by atoms with Crippen LogP contribution in [0.1, 0.15) is 11.7 Å². The van der Waals surface area contributed by atoms with Crippen LogP contribution in [0.5, 0.6) is 5.75 Å². The van der Waals surface area contributed by atoms with Crippen LogP contribution in [-0.2, 0) is 9.53 Å². The van der Waals surface area contributed by atoms with Gasteiger partial charge in [-0.1, -0.05) is 12.1 Å². The number of carboxylic acid groups (broad SMARTS) is 1. The zero-order valence-electron chi connectivity index (χ0n) is 8.25. The third-order valence-electron chi connectivity index (χ3n) is 2.09. The SMILES string of the molecule is COC(c1ccc(O)cc1)[C@H](N)C(=O)O. The summed E-state index contributed by atoms with van der Waals surface area (Å²) in [6.07, 6.45) is -0.719. The van der Waals surface area contributed by atoms with Crippen LogP contribution >= 0.6 is 0 Å². The van der Waals surface area contributed by atoms with Gasteiger partial charge in [0, 0.05) is 7.11 Å². The predicted molar refractivity (Wildman–Crippen MR) is 53.5 cm³/mol. The molecule has 15 heavy (non-hydrogen) atoms. The first-order chi connectivity index (χ1) is 7.06. The van der Waals surface area contributed by atoms with Crippen LogP contribution in [0.15, 0.2) is 24.3 Å². The number of ether oxygens (including phenoxy) is 1.